The second kappa shape index (κ2) is 9.16. The minimum Gasteiger partial charge on any atom is -0.338 e. The van der Waals surface area contributed by atoms with E-state index in [1.807, 2.05) is 41.4 Å². The molecular weight excluding hydrogens is 424 g/mol. The minimum atomic E-state index is 0.131. The lowest BCUT2D eigenvalue weighted by Gasteiger charge is -2.31. The number of likely N-dealkylation sites (tertiary alicyclic amines) is 1. The molecule has 0 saturated carbocycles. The number of thiophene rings is 2. The lowest BCUT2D eigenvalue weighted by Crippen LogP contribution is -2.38. The lowest BCUT2D eigenvalue weighted by molar-refractivity contribution is 0.0715. The first-order valence-electron chi connectivity index (χ1n) is 10.6. The van der Waals surface area contributed by atoms with Crippen molar-refractivity contribution in [2.45, 2.75) is 31.7 Å². The van der Waals surface area contributed by atoms with Crippen molar-refractivity contribution in [3.05, 3.63) is 82.0 Å². The molecule has 1 aliphatic heterocycles. The summed E-state index contributed by atoms with van der Waals surface area (Å²) in [6.45, 7) is 2.51. The zero-order chi connectivity index (χ0) is 21.0. The highest BCUT2D eigenvalue weighted by Crippen LogP contribution is 2.31. The Morgan fingerprint density at radius 3 is 2.74 bits per heavy atom. The van der Waals surface area contributed by atoms with Gasteiger partial charge < -0.3 is 9.47 Å². The van der Waals surface area contributed by atoms with Gasteiger partial charge in [0.2, 0.25) is 0 Å². The Morgan fingerprint density at radius 2 is 1.97 bits per heavy atom. The molecule has 0 aromatic carbocycles. The van der Waals surface area contributed by atoms with E-state index in [1.165, 1.54) is 16.9 Å². The molecule has 0 radical (unpaired) electrons. The number of aromatic nitrogens is 3. The van der Waals surface area contributed by atoms with Crippen LogP contribution in [0.4, 0.5) is 0 Å². The highest BCUT2D eigenvalue weighted by atomic mass is 32.1. The number of hydrogen-bond acceptors (Lipinski definition) is 5. The monoisotopic (exact) mass is 448 g/mol. The van der Waals surface area contributed by atoms with Crippen LogP contribution in [-0.4, -0.2) is 38.4 Å². The highest BCUT2D eigenvalue weighted by Gasteiger charge is 2.27. The summed E-state index contributed by atoms with van der Waals surface area (Å²) in [5, 5.41) is 4.34. The van der Waals surface area contributed by atoms with Crippen molar-refractivity contribution in [1.29, 1.82) is 0 Å². The van der Waals surface area contributed by atoms with Gasteiger partial charge in [0, 0.05) is 44.1 Å². The van der Waals surface area contributed by atoms with Crippen LogP contribution in [0.3, 0.4) is 0 Å². The third-order valence-corrected chi connectivity index (χ3v) is 7.68. The van der Waals surface area contributed by atoms with Crippen molar-refractivity contribution < 1.29 is 4.79 Å². The van der Waals surface area contributed by atoms with Crippen LogP contribution in [0.2, 0.25) is 0 Å². The van der Waals surface area contributed by atoms with Crippen LogP contribution in [-0.2, 0) is 13.0 Å². The van der Waals surface area contributed by atoms with Gasteiger partial charge in [-0.1, -0.05) is 6.07 Å². The van der Waals surface area contributed by atoms with Crippen LogP contribution in [0.5, 0.6) is 0 Å². The Morgan fingerprint density at radius 1 is 1.06 bits per heavy atom. The molecule has 4 aromatic heterocycles. The van der Waals surface area contributed by atoms with Crippen molar-refractivity contribution in [3.8, 4) is 10.6 Å². The van der Waals surface area contributed by atoms with Gasteiger partial charge in [-0.15, -0.1) is 11.3 Å². The molecule has 1 aliphatic rings. The van der Waals surface area contributed by atoms with Gasteiger partial charge in [-0.2, -0.15) is 11.3 Å². The molecule has 0 atom stereocenters. The first-order chi connectivity index (χ1) is 15.3. The Kier molecular flexibility index (Phi) is 5.95. The summed E-state index contributed by atoms with van der Waals surface area (Å²) in [4.78, 5) is 25.9. The van der Waals surface area contributed by atoms with Crippen molar-refractivity contribution in [2.75, 3.05) is 13.1 Å². The molecule has 4 aromatic rings. The van der Waals surface area contributed by atoms with E-state index >= 15 is 0 Å². The summed E-state index contributed by atoms with van der Waals surface area (Å²) < 4.78 is 2.29. The Labute approximate surface area is 190 Å². The second-order valence-corrected chi connectivity index (χ2v) is 9.67. The molecule has 0 unspecified atom stereocenters. The molecule has 1 saturated heterocycles. The molecule has 7 heteroatoms. The molecule has 1 amide bonds. The first kappa shape index (κ1) is 20.2. The van der Waals surface area contributed by atoms with Crippen LogP contribution >= 0.6 is 22.7 Å². The van der Waals surface area contributed by atoms with E-state index in [0.717, 1.165) is 60.2 Å². The number of hydrogen-bond donors (Lipinski definition) is 0. The fraction of sp³-hybridized carbons (Fsp3) is 0.292. The third-order valence-electron chi connectivity index (χ3n) is 5.85. The van der Waals surface area contributed by atoms with Crippen molar-refractivity contribution >= 4 is 28.6 Å². The summed E-state index contributed by atoms with van der Waals surface area (Å²) in [6.07, 6.45) is 8.72. The molecule has 5 nitrogen and oxygen atoms in total. The van der Waals surface area contributed by atoms with E-state index in [0.29, 0.717) is 5.92 Å². The third kappa shape index (κ3) is 4.48. The molecule has 0 N–H and O–H groups in total. The molecule has 0 bridgehead atoms. The summed E-state index contributed by atoms with van der Waals surface area (Å²) in [6, 6.07) is 12.0. The first-order valence-corrected chi connectivity index (χ1v) is 12.4. The van der Waals surface area contributed by atoms with Gasteiger partial charge in [-0.25, -0.2) is 4.98 Å². The Bertz CT molecular complexity index is 1130. The Balaban J connectivity index is 1.20. The van der Waals surface area contributed by atoms with Crippen molar-refractivity contribution in [2.24, 2.45) is 0 Å². The summed E-state index contributed by atoms with van der Waals surface area (Å²) in [7, 11) is 0. The van der Waals surface area contributed by atoms with Crippen LogP contribution in [0.25, 0.3) is 10.6 Å². The molecule has 31 heavy (non-hydrogen) atoms. The molecule has 0 spiro atoms. The van der Waals surface area contributed by atoms with Gasteiger partial charge >= 0.3 is 0 Å². The van der Waals surface area contributed by atoms with Gasteiger partial charge in [0.25, 0.3) is 5.91 Å². The fourth-order valence-electron chi connectivity index (χ4n) is 4.15. The molecule has 5 rings (SSSR count). The van der Waals surface area contributed by atoms with Crippen LogP contribution < -0.4 is 0 Å². The number of carbonyl (C=O) groups excluding carboxylic acids is 1. The highest BCUT2D eigenvalue weighted by molar-refractivity contribution is 7.17. The smallest absolute Gasteiger partial charge is 0.263 e. The van der Waals surface area contributed by atoms with Gasteiger partial charge in [0.15, 0.2) is 0 Å². The Hall–Kier alpha value is -2.77. The van der Waals surface area contributed by atoms with Gasteiger partial charge in [0.1, 0.15) is 5.82 Å². The van der Waals surface area contributed by atoms with Crippen LogP contribution in [0, 0.1) is 0 Å². The van der Waals surface area contributed by atoms with Gasteiger partial charge in [0.05, 0.1) is 15.4 Å². The average Bonchev–Trinajstić information content (AvgIpc) is 3.60. The SMILES string of the molecule is O=C(c1ccc(-c2ccccn2)s1)N1CCC(c2nccn2CCc2ccsc2)CC1. The number of pyridine rings is 1. The van der Waals surface area contributed by atoms with E-state index < -0.39 is 0 Å². The zero-order valence-electron chi connectivity index (χ0n) is 17.2. The van der Waals surface area contributed by atoms with E-state index in [-0.39, 0.29) is 5.91 Å². The van der Waals surface area contributed by atoms with Gasteiger partial charge in [-0.3, -0.25) is 9.78 Å². The van der Waals surface area contributed by atoms with E-state index in [2.05, 4.69) is 37.6 Å². The lowest BCUT2D eigenvalue weighted by atomic mass is 9.95. The number of aryl methyl sites for hydroxylation is 2. The number of carbonyl (C=O) groups is 1. The topological polar surface area (TPSA) is 51.0 Å². The maximum absolute atomic E-state index is 13.0. The normalized spacial score (nSPS) is 14.8. The number of amides is 1. The second-order valence-electron chi connectivity index (χ2n) is 7.81. The maximum Gasteiger partial charge on any atom is 0.263 e. The van der Waals surface area contributed by atoms with E-state index in [4.69, 9.17) is 0 Å². The maximum atomic E-state index is 13.0. The van der Waals surface area contributed by atoms with Crippen LogP contribution in [0.15, 0.2) is 65.7 Å². The van der Waals surface area contributed by atoms with Crippen LogP contribution in [0.1, 0.15) is 39.8 Å². The minimum absolute atomic E-state index is 0.131. The molecule has 158 valence electrons. The standard InChI is InChI=1S/C24H24N4OS2/c29-24(22-5-4-21(31-22)20-3-1-2-10-25-20)28-13-7-19(8-14-28)23-26-11-15-27(23)12-6-18-9-16-30-17-18/h1-5,9-11,15-17,19H,6-8,12-14H2. The van der Waals surface area contributed by atoms with E-state index in [1.54, 1.807) is 17.5 Å². The molecule has 5 heterocycles. The summed E-state index contributed by atoms with van der Waals surface area (Å²) in [5.41, 5.74) is 2.30. The predicted octanol–water partition coefficient (Wildman–Crippen LogP) is 5.33. The number of rotatable bonds is 6. The summed E-state index contributed by atoms with van der Waals surface area (Å²) in [5.74, 6) is 1.70. The molecular formula is C24H24N4OS2. The van der Waals surface area contributed by atoms with Crippen molar-refractivity contribution in [3.63, 3.8) is 0 Å². The number of piperidine rings is 1. The summed E-state index contributed by atoms with van der Waals surface area (Å²) >= 11 is 3.27. The molecule has 1 fully saturated rings. The predicted molar refractivity (Wildman–Crippen MR) is 126 cm³/mol. The molecule has 0 aliphatic carbocycles. The van der Waals surface area contributed by atoms with E-state index in [9.17, 15) is 4.79 Å². The largest absolute Gasteiger partial charge is 0.338 e. The number of nitrogens with zero attached hydrogens (tertiary/aromatic N) is 4. The fourth-order valence-corrected chi connectivity index (χ4v) is 5.80. The van der Waals surface area contributed by atoms with Gasteiger partial charge in [-0.05, 0) is 65.9 Å². The average molecular weight is 449 g/mol. The number of imidazole rings is 1. The zero-order valence-corrected chi connectivity index (χ0v) is 18.8. The quantitative estimate of drug-likeness (QED) is 0.401. The van der Waals surface area contributed by atoms with Crippen molar-refractivity contribution in [1.82, 2.24) is 19.4 Å².